The van der Waals surface area contributed by atoms with Gasteiger partial charge in [-0.2, -0.15) is 0 Å². The van der Waals surface area contributed by atoms with Crippen LogP contribution in [-0.4, -0.2) is 36.6 Å². The molecule has 7 heteroatoms. The fourth-order valence-corrected chi connectivity index (χ4v) is 3.27. The predicted octanol–water partition coefficient (Wildman–Crippen LogP) is 4.41. The van der Waals surface area contributed by atoms with Crippen molar-refractivity contribution in [1.82, 2.24) is 19.7 Å². The minimum atomic E-state index is -0.982. The number of hydrogen-bond donors (Lipinski definition) is 1. The average Bonchev–Trinajstić information content (AvgIpc) is 3.16. The van der Waals surface area contributed by atoms with E-state index < -0.39 is 5.97 Å². The molecule has 0 fully saturated rings. The molecule has 0 atom stereocenters. The molecule has 0 amide bonds. The molecule has 3 aromatic rings. The molecule has 0 unspecified atom stereocenters. The van der Waals surface area contributed by atoms with Crippen LogP contribution in [0.2, 0.25) is 0 Å². The highest BCUT2D eigenvalue weighted by Crippen LogP contribution is 2.24. The minimum absolute atomic E-state index is 0.0568. The summed E-state index contributed by atoms with van der Waals surface area (Å²) >= 11 is 0. The number of carboxylic acid groups (broad SMARTS) is 1. The van der Waals surface area contributed by atoms with E-state index in [1.807, 2.05) is 35.9 Å². The number of unbranched alkanes of at least 4 members (excludes halogenated alkanes) is 2. The van der Waals surface area contributed by atoms with Gasteiger partial charge in [-0.3, -0.25) is 9.78 Å². The summed E-state index contributed by atoms with van der Waals surface area (Å²) in [7, 11) is 0. The van der Waals surface area contributed by atoms with Gasteiger partial charge in [-0.15, -0.1) is 5.10 Å². The fraction of sp³-hybridized carbons (Fsp3) is 0.348. The molecule has 0 aliphatic carbocycles. The number of Topliss-reactive ketones (excluding diaryl/α,β-unsaturated/α-hetero) is 1. The Hall–Kier alpha value is -3.35. The predicted molar refractivity (Wildman–Crippen MR) is 114 cm³/mol. The second-order valence-corrected chi connectivity index (χ2v) is 7.16. The Labute approximate surface area is 175 Å². The summed E-state index contributed by atoms with van der Waals surface area (Å²) in [5.74, 6) is 0.00808. The number of benzene rings is 1. The van der Waals surface area contributed by atoms with E-state index >= 15 is 0 Å². The molecule has 0 bridgehead atoms. The van der Waals surface area contributed by atoms with E-state index in [9.17, 15) is 14.7 Å². The van der Waals surface area contributed by atoms with Gasteiger partial charge in [0.1, 0.15) is 5.82 Å². The lowest BCUT2D eigenvalue weighted by atomic mass is 10.00. The van der Waals surface area contributed by atoms with Gasteiger partial charge in [0.2, 0.25) is 11.6 Å². The fourth-order valence-electron chi connectivity index (χ4n) is 3.27. The monoisotopic (exact) mass is 406 g/mol. The van der Waals surface area contributed by atoms with Crippen LogP contribution in [0.15, 0.2) is 42.7 Å². The second-order valence-electron chi connectivity index (χ2n) is 7.16. The van der Waals surface area contributed by atoms with Crippen molar-refractivity contribution < 1.29 is 14.7 Å². The lowest BCUT2D eigenvalue weighted by molar-refractivity contribution is 0.0697. The smallest absolute Gasteiger partial charge is 0.336 e. The topological polar surface area (TPSA) is 98.0 Å². The van der Waals surface area contributed by atoms with Gasteiger partial charge in [0, 0.05) is 37.3 Å². The zero-order valence-electron chi connectivity index (χ0n) is 17.3. The maximum atomic E-state index is 12.1. The van der Waals surface area contributed by atoms with Crippen molar-refractivity contribution in [2.45, 2.75) is 52.5 Å². The molecule has 0 aliphatic heterocycles. The average molecular weight is 406 g/mol. The molecule has 156 valence electrons. The summed E-state index contributed by atoms with van der Waals surface area (Å²) in [6.45, 7) is 4.69. The third-order valence-electron chi connectivity index (χ3n) is 4.97. The Morgan fingerprint density at radius 3 is 2.50 bits per heavy atom. The number of hydrogen-bond acceptors (Lipinski definition) is 5. The molecule has 1 aromatic carbocycles. The minimum Gasteiger partial charge on any atom is -0.478 e. The van der Waals surface area contributed by atoms with Crippen molar-refractivity contribution in [2.24, 2.45) is 0 Å². The van der Waals surface area contributed by atoms with Crippen molar-refractivity contribution in [3.8, 4) is 11.1 Å². The number of pyridine rings is 1. The molecule has 7 nitrogen and oxygen atoms in total. The zero-order chi connectivity index (χ0) is 21.5. The summed E-state index contributed by atoms with van der Waals surface area (Å²) in [5.41, 5.74) is 2.60. The number of ketones is 1. The molecule has 0 aliphatic rings. The van der Waals surface area contributed by atoms with E-state index in [1.54, 1.807) is 6.20 Å². The number of carbonyl (C=O) groups excluding carboxylic acids is 1. The number of nitrogens with zero attached hydrogens (tertiary/aromatic N) is 4. The molecule has 2 aromatic heterocycles. The van der Waals surface area contributed by atoms with Gasteiger partial charge in [0.25, 0.3) is 0 Å². The summed E-state index contributed by atoms with van der Waals surface area (Å²) in [5, 5.41) is 13.8. The van der Waals surface area contributed by atoms with Crippen LogP contribution in [-0.2, 0) is 13.0 Å². The second kappa shape index (κ2) is 9.91. The van der Waals surface area contributed by atoms with Crippen molar-refractivity contribution in [2.75, 3.05) is 0 Å². The first-order chi connectivity index (χ1) is 14.5. The van der Waals surface area contributed by atoms with Crippen molar-refractivity contribution in [1.29, 1.82) is 0 Å². The SMILES string of the molecule is CCCCCn1nc(C(=O)CC)nc1Cc1ccc(-c2cnccc2C(=O)O)cc1. The van der Waals surface area contributed by atoms with E-state index in [1.165, 1.54) is 12.3 Å². The Kier molecular flexibility index (Phi) is 7.06. The first-order valence-electron chi connectivity index (χ1n) is 10.3. The first-order valence-corrected chi connectivity index (χ1v) is 10.3. The van der Waals surface area contributed by atoms with Crippen LogP contribution in [0, 0.1) is 0 Å². The van der Waals surface area contributed by atoms with E-state index in [4.69, 9.17) is 0 Å². The molecule has 0 spiro atoms. The number of aromatic nitrogens is 4. The molecule has 3 rings (SSSR count). The van der Waals surface area contributed by atoms with Crippen molar-refractivity contribution in [3.05, 3.63) is 65.5 Å². The maximum absolute atomic E-state index is 12.1. The standard InChI is InChI=1S/C23H26N4O3/c1-3-5-6-13-27-21(25-22(26-27)20(28)4-2)14-16-7-9-17(10-8-16)19-15-24-12-11-18(19)23(29)30/h7-12,15H,3-6,13-14H2,1-2H3,(H,29,30). The normalized spacial score (nSPS) is 10.9. The Bertz CT molecular complexity index is 1030. The Morgan fingerprint density at radius 2 is 1.83 bits per heavy atom. The van der Waals surface area contributed by atoms with Crippen LogP contribution >= 0.6 is 0 Å². The molecule has 2 heterocycles. The Morgan fingerprint density at radius 1 is 1.07 bits per heavy atom. The highest BCUT2D eigenvalue weighted by Gasteiger charge is 2.16. The van der Waals surface area contributed by atoms with E-state index in [0.717, 1.165) is 42.8 Å². The van der Waals surface area contributed by atoms with Gasteiger partial charge in [-0.1, -0.05) is 51.0 Å². The lowest BCUT2D eigenvalue weighted by Gasteiger charge is -2.08. The van der Waals surface area contributed by atoms with Gasteiger partial charge in [0.15, 0.2) is 0 Å². The zero-order valence-corrected chi connectivity index (χ0v) is 17.3. The summed E-state index contributed by atoms with van der Waals surface area (Å²) in [6, 6.07) is 9.15. The maximum Gasteiger partial charge on any atom is 0.336 e. The molecule has 0 saturated heterocycles. The molecule has 30 heavy (non-hydrogen) atoms. The van der Waals surface area contributed by atoms with Crippen LogP contribution in [0.5, 0.6) is 0 Å². The van der Waals surface area contributed by atoms with E-state index in [2.05, 4.69) is 22.0 Å². The molecular formula is C23H26N4O3. The molecule has 0 saturated carbocycles. The van der Waals surface area contributed by atoms with Gasteiger partial charge >= 0.3 is 5.97 Å². The quantitative estimate of drug-likeness (QED) is 0.395. The largest absolute Gasteiger partial charge is 0.478 e. The lowest BCUT2D eigenvalue weighted by Crippen LogP contribution is -2.07. The van der Waals surface area contributed by atoms with Crippen LogP contribution in [0.1, 0.15) is 71.9 Å². The number of carboxylic acids is 1. The highest BCUT2D eigenvalue weighted by molar-refractivity contribution is 5.95. The van der Waals surface area contributed by atoms with Crippen LogP contribution in [0.4, 0.5) is 0 Å². The molecule has 1 N–H and O–H groups in total. The summed E-state index contributed by atoms with van der Waals surface area (Å²) in [6.07, 6.45) is 7.16. The number of aryl methyl sites for hydroxylation is 1. The molecular weight excluding hydrogens is 380 g/mol. The van der Waals surface area contributed by atoms with Gasteiger partial charge in [0.05, 0.1) is 5.56 Å². The van der Waals surface area contributed by atoms with Crippen LogP contribution < -0.4 is 0 Å². The van der Waals surface area contributed by atoms with Gasteiger partial charge in [-0.05, 0) is 23.6 Å². The number of carbonyl (C=O) groups is 2. The Balaban J connectivity index is 1.83. The number of aromatic carboxylic acids is 1. The summed E-state index contributed by atoms with van der Waals surface area (Å²) in [4.78, 5) is 32.1. The summed E-state index contributed by atoms with van der Waals surface area (Å²) < 4.78 is 1.84. The molecule has 0 radical (unpaired) electrons. The highest BCUT2D eigenvalue weighted by atomic mass is 16.4. The first kappa shape index (κ1) is 21.4. The third-order valence-corrected chi connectivity index (χ3v) is 4.97. The van der Waals surface area contributed by atoms with Crippen LogP contribution in [0.3, 0.4) is 0 Å². The number of rotatable bonds is 10. The van der Waals surface area contributed by atoms with Gasteiger partial charge < -0.3 is 5.11 Å². The van der Waals surface area contributed by atoms with Crippen LogP contribution in [0.25, 0.3) is 11.1 Å². The van der Waals surface area contributed by atoms with Crippen molar-refractivity contribution in [3.63, 3.8) is 0 Å². The van der Waals surface area contributed by atoms with Crippen molar-refractivity contribution >= 4 is 11.8 Å². The van der Waals surface area contributed by atoms with E-state index in [0.29, 0.717) is 18.4 Å². The van der Waals surface area contributed by atoms with E-state index in [-0.39, 0.29) is 17.2 Å². The van der Waals surface area contributed by atoms with Gasteiger partial charge in [-0.25, -0.2) is 14.5 Å². The third kappa shape index (κ3) is 4.97.